The Morgan fingerprint density at radius 1 is 0.571 bits per heavy atom. The molecule has 0 aliphatic heterocycles. The molecule has 0 spiro atoms. The molecule has 2 heterocycles. The largest absolute Gasteiger partial charge is 0.260 e. The number of allylic oxidation sites excluding steroid dienone is 4. The van der Waals surface area contributed by atoms with Crippen molar-refractivity contribution in [3.63, 3.8) is 0 Å². The van der Waals surface area contributed by atoms with Crippen molar-refractivity contribution >= 4 is 21.5 Å². The minimum Gasteiger partial charge on any atom is -0.260 e. The molecule has 1 aliphatic carbocycles. The van der Waals surface area contributed by atoms with Gasteiger partial charge in [-0.05, 0) is 36.8 Å². The number of rotatable bonds is 2. The molecule has 0 N–H and O–H groups in total. The van der Waals surface area contributed by atoms with Gasteiger partial charge in [0, 0.05) is 34.0 Å². The van der Waals surface area contributed by atoms with Gasteiger partial charge in [-0.2, -0.15) is 0 Å². The Kier molecular flexibility index (Phi) is 3.70. The second-order valence-electron chi connectivity index (χ2n) is 7.88. The Morgan fingerprint density at radius 2 is 1.00 bits per heavy atom. The SMILES string of the molecule is CC1(c2nccc3ccccc23)C=CC=CC1(C)c1nccc2ccccc12. The molecular formula is C26H22N2. The van der Waals surface area contributed by atoms with Crippen LogP contribution >= 0.6 is 0 Å². The molecule has 0 bridgehead atoms. The van der Waals surface area contributed by atoms with E-state index in [-0.39, 0.29) is 10.8 Å². The lowest BCUT2D eigenvalue weighted by atomic mass is 9.58. The number of benzene rings is 2. The number of hydrogen-bond donors (Lipinski definition) is 0. The van der Waals surface area contributed by atoms with E-state index in [1.807, 2.05) is 12.4 Å². The highest BCUT2D eigenvalue weighted by Crippen LogP contribution is 2.49. The number of fused-ring (bicyclic) bond motifs is 2. The Morgan fingerprint density at radius 3 is 1.46 bits per heavy atom. The summed E-state index contributed by atoms with van der Waals surface area (Å²) in [6.07, 6.45) is 12.7. The smallest absolute Gasteiger partial charge is 0.0591 e. The van der Waals surface area contributed by atoms with Crippen LogP contribution in [-0.4, -0.2) is 9.97 Å². The second kappa shape index (κ2) is 6.13. The van der Waals surface area contributed by atoms with E-state index in [1.165, 1.54) is 21.5 Å². The Bertz CT molecular complexity index is 1140. The molecule has 1 aliphatic rings. The maximum absolute atomic E-state index is 4.89. The molecule has 2 unspecified atom stereocenters. The highest BCUT2D eigenvalue weighted by atomic mass is 14.8. The van der Waals surface area contributed by atoms with E-state index in [2.05, 4.69) is 98.8 Å². The van der Waals surface area contributed by atoms with Crippen molar-refractivity contribution in [2.75, 3.05) is 0 Å². The molecule has 0 saturated carbocycles. The van der Waals surface area contributed by atoms with Crippen LogP contribution in [0.5, 0.6) is 0 Å². The fourth-order valence-electron chi connectivity index (χ4n) is 4.56. The van der Waals surface area contributed by atoms with Crippen molar-refractivity contribution in [1.82, 2.24) is 9.97 Å². The third-order valence-electron chi connectivity index (χ3n) is 6.38. The molecule has 4 aromatic rings. The molecule has 0 fully saturated rings. The Hall–Kier alpha value is -3.26. The molecule has 0 radical (unpaired) electrons. The first-order valence-electron chi connectivity index (χ1n) is 9.69. The average molecular weight is 362 g/mol. The monoisotopic (exact) mass is 362 g/mol. The normalized spacial score (nSPS) is 24.1. The van der Waals surface area contributed by atoms with E-state index in [9.17, 15) is 0 Å². The molecule has 0 amide bonds. The maximum Gasteiger partial charge on any atom is 0.0591 e. The molecular weight excluding hydrogens is 340 g/mol. The van der Waals surface area contributed by atoms with Gasteiger partial charge in [-0.1, -0.05) is 72.8 Å². The molecule has 5 rings (SSSR count). The van der Waals surface area contributed by atoms with Gasteiger partial charge in [0.15, 0.2) is 0 Å². The van der Waals surface area contributed by atoms with Crippen LogP contribution in [0.1, 0.15) is 25.2 Å². The predicted octanol–water partition coefficient (Wildman–Crippen LogP) is 6.12. The predicted molar refractivity (Wildman–Crippen MR) is 116 cm³/mol. The summed E-state index contributed by atoms with van der Waals surface area (Å²) in [5, 5.41) is 4.81. The minimum absolute atomic E-state index is 0.334. The minimum atomic E-state index is -0.334. The van der Waals surface area contributed by atoms with E-state index in [1.54, 1.807) is 0 Å². The van der Waals surface area contributed by atoms with Crippen molar-refractivity contribution in [2.45, 2.75) is 24.7 Å². The van der Waals surface area contributed by atoms with E-state index in [0.717, 1.165) is 11.4 Å². The molecule has 28 heavy (non-hydrogen) atoms. The van der Waals surface area contributed by atoms with Gasteiger partial charge in [0.25, 0.3) is 0 Å². The zero-order valence-electron chi connectivity index (χ0n) is 16.1. The second-order valence-corrected chi connectivity index (χ2v) is 7.88. The quantitative estimate of drug-likeness (QED) is 0.429. The van der Waals surface area contributed by atoms with Gasteiger partial charge < -0.3 is 0 Å². The summed E-state index contributed by atoms with van der Waals surface area (Å²) in [5.41, 5.74) is 1.51. The topological polar surface area (TPSA) is 25.8 Å². The van der Waals surface area contributed by atoms with Crippen LogP contribution in [-0.2, 0) is 10.8 Å². The van der Waals surface area contributed by atoms with Gasteiger partial charge in [-0.15, -0.1) is 0 Å². The number of aromatic nitrogens is 2. The third kappa shape index (κ3) is 2.27. The molecule has 136 valence electrons. The summed E-state index contributed by atoms with van der Waals surface area (Å²) in [6.45, 7) is 4.57. The van der Waals surface area contributed by atoms with Crippen molar-refractivity contribution in [3.8, 4) is 0 Å². The van der Waals surface area contributed by atoms with Crippen LogP contribution in [0, 0.1) is 0 Å². The van der Waals surface area contributed by atoms with Crippen molar-refractivity contribution in [3.05, 3.63) is 109 Å². The average Bonchev–Trinajstić information content (AvgIpc) is 2.75. The molecule has 0 saturated heterocycles. The first kappa shape index (κ1) is 16.9. The van der Waals surface area contributed by atoms with Gasteiger partial charge >= 0.3 is 0 Å². The van der Waals surface area contributed by atoms with Gasteiger partial charge in [0.05, 0.1) is 11.4 Å². The van der Waals surface area contributed by atoms with Crippen LogP contribution in [0.3, 0.4) is 0 Å². The van der Waals surface area contributed by atoms with Crippen LogP contribution in [0.15, 0.2) is 97.4 Å². The Labute approximate surface area is 165 Å². The lowest BCUT2D eigenvalue weighted by Crippen LogP contribution is -2.45. The number of nitrogens with zero attached hydrogens (tertiary/aromatic N) is 2. The highest BCUT2D eigenvalue weighted by Gasteiger charge is 2.48. The first-order chi connectivity index (χ1) is 13.6. The zero-order valence-corrected chi connectivity index (χ0v) is 16.1. The first-order valence-corrected chi connectivity index (χ1v) is 9.69. The highest BCUT2D eigenvalue weighted by molar-refractivity contribution is 5.88. The molecule has 2 aromatic heterocycles. The fourth-order valence-corrected chi connectivity index (χ4v) is 4.56. The van der Waals surface area contributed by atoms with E-state index in [4.69, 9.17) is 9.97 Å². The number of hydrogen-bond acceptors (Lipinski definition) is 2. The van der Waals surface area contributed by atoms with Crippen LogP contribution in [0.4, 0.5) is 0 Å². The molecule has 2 heteroatoms. The van der Waals surface area contributed by atoms with Gasteiger partial charge in [0.1, 0.15) is 0 Å². The van der Waals surface area contributed by atoms with Crippen molar-refractivity contribution in [2.24, 2.45) is 0 Å². The van der Waals surface area contributed by atoms with Gasteiger partial charge in [-0.25, -0.2) is 0 Å². The standard InChI is InChI=1S/C26H22N2/c1-25(23-21-11-5-3-9-19(21)13-17-27-23)15-7-8-16-26(25,2)24-22-12-6-4-10-20(22)14-18-28-24/h3-18H,1-2H3. The molecule has 2 atom stereocenters. The summed E-state index contributed by atoms with van der Waals surface area (Å²) in [6, 6.07) is 21.2. The third-order valence-corrected chi connectivity index (χ3v) is 6.38. The Balaban J connectivity index is 1.83. The summed E-state index contributed by atoms with van der Waals surface area (Å²) >= 11 is 0. The van der Waals surface area contributed by atoms with E-state index < -0.39 is 0 Å². The maximum atomic E-state index is 4.89. The van der Waals surface area contributed by atoms with Crippen LogP contribution < -0.4 is 0 Å². The summed E-state index contributed by atoms with van der Waals surface area (Å²) in [7, 11) is 0. The fraction of sp³-hybridized carbons (Fsp3) is 0.154. The molecule has 2 nitrogen and oxygen atoms in total. The van der Waals surface area contributed by atoms with E-state index >= 15 is 0 Å². The molecule has 2 aromatic carbocycles. The zero-order chi connectivity index (χ0) is 19.2. The summed E-state index contributed by atoms with van der Waals surface area (Å²) in [5.74, 6) is 0. The van der Waals surface area contributed by atoms with Crippen LogP contribution in [0.2, 0.25) is 0 Å². The lowest BCUT2D eigenvalue weighted by molar-refractivity contribution is 0.370. The van der Waals surface area contributed by atoms with E-state index in [0.29, 0.717) is 0 Å². The van der Waals surface area contributed by atoms with Gasteiger partial charge in [-0.3, -0.25) is 9.97 Å². The van der Waals surface area contributed by atoms with Crippen molar-refractivity contribution < 1.29 is 0 Å². The summed E-state index contributed by atoms with van der Waals surface area (Å²) < 4.78 is 0. The van der Waals surface area contributed by atoms with Crippen molar-refractivity contribution in [1.29, 1.82) is 0 Å². The number of pyridine rings is 2. The summed E-state index contributed by atoms with van der Waals surface area (Å²) in [4.78, 5) is 9.78. The lowest BCUT2D eigenvalue weighted by Gasteiger charge is -2.44. The van der Waals surface area contributed by atoms with Crippen LogP contribution in [0.25, 0.3) is 21.5 Å². The van der Waals surface area contributed by atoms with Gasteiger partial charge in [0.2, 0.25) is 0 Å².